The van der Waals surface area contributed by atoms with Crippen LogP contribution < -0.4 is 5.73 Å². The van der Waals surface area contributed by atoms with Crippen LogP contribution in [0.4, 0.5) is 5.69 Å². The van der Waals surface area contributed by atoms with Gasteiger partial charge in [0, 0.05) is 25.8 Å². The maximum atomic E-state index is 12.8. The summed E-state index contributed by atoms with van der Waals surface area (Å²) in [5.41, 5.74) is 4.89. The Hall–Kier alpha value is -0.970. The predicted molar refractivity (Wildman–Crippen MR) is 96.8 cm³/mol. The molecule has 1 aromatic rings. The number of ether oxygens (including phenoxy) is 1. The van der Waals surface area contributed by atoms with Crippen LogP contribution in [0, 0.1) is 10.1 Å². The highest BCUT2D eigenvalue weighted by Crippen LogP contribution is 2.34. The van der Waals surface area contributed by atoms with Gasteiger partial charge in [0.2, 0.25) is 0 Å². The van der Waals surface area contributed by atoms with Crippen LogP contribution in [0.25, 0.3) is 0 Å². The summed E-state index contributed by atoms with van der Waals surface area (Å²) in [5.74, 6) is 0. The predicted octanol–water partition coefficient (Wildman–Crippen LogP) is 2.19. The Morgan fingerprint density at radius 1 is 1.36 bits per heavy atom. The first-order chi connectivity index (χ1) is 11.4. The Balaban J connectivity index is 0.00000312. The van der Waals surface area contributed by atoms with Crippen molar-refractivity contribution < 1.29 is 18.1 Å². The first-order valence-corrected chi connectivity index (χ1v) is 9.44. The normalized spacial score (nSPS) is 16.4. The van der Waals surface area contributed by atoms with Crippen molar-refractivity contribution in [2.45, 2.75) is 30.3 Å². The van der Waals surface area contributed by atoms with E-state index in [0.717, 1.165) is 12.5 Å². The third-order valence-electron chi connectivity index (χ3n) is 3.84. The Labute approximate surface area is 157 Å². The molecule has 0 saturated carbocycles. The summed E-state index contributed by atoms with van der Waals surface area (Å²) in [6, 6.07) is 3.84. The van der Waals surface area contributed by atoms with Gasteiger partial charge in [-0.2, -0.15) is 4.31 Å². The number of halogens is 2. The van der Waals surface area contributed by atoms with Gasteiger partial charge in [0.05, 0.1) is 16.0 Å². The van der Waals surface area contributed by atoms with Crippen LogP contribution in [-0.2, 0) is 14.8 Å². The van der Waals surface area contributed by atoms with E-state index in [1.165, 1.54) is 16.4 Å². The quantitative estimate of drug-likeness (QED) is 0.415. The zero-order valence-electron chi connectivity index (χ0n) is 13.5. The summed E-state index contributed by atoms with van der Waals surface area (Å²) in [5, 5.41) is 11.0. The summed E-state index contributed by atoms with van der Waals surface area (Å²) in [4.78, 5) is 9.96. The van der Waals surface area contributed by atoms with Crippen LogP contribution in [0.3, 0.4) is 0 Å². The number of nitrogens with two attached hydrogens (primary N) is 1. The largest absolute Gasteiger partial charge is 0.378 e. The van der Waals surface area contributed by atoms with Crippen LogP contribution in [0.2, 0.25) is 5.02 Å². The Bertz CT molecular complexity index is 694. The Morgan fingerprint density at radius 3 is 2.56 bits per heavy atom. The number of piperidine rings is 1. The molecule has 0 spiro atoms. The second-order valence-corrected chi connectivity index (χ2v) is 7.74. The van der Waals surface area contributed by atoms with Crippen molar-refractivity contribution in [3.05, 3.63) is 33.3 Å². The van der Waals surface area contributed by atoms with E-state index < -0.39 is 25.5 Å². The zero-order chi connectivity index (χ0) is 17.7. The van der Waals surface area contributed by atoms with Gasteiger partial charge in [0.1, 0.15) is 0 Å². The molecule has 1 aliphatic rings. The van der Waals surface area contributed by atoms with E-state index in [0.29, 0.717) is 26.0 Å². The second kappa shape index (κ2) is 9.65. The van der Waals surface area contributed by atoms with Crippen molar-refractivity contribution in [1.29, 1.82) is 0 Å². The van der Waals surface area contributed by atoms with Gasteiger partial charge < -0.3 is 10.5 Å². The van der Waals surface area contributed by atoms with E-state index in [2.05, 4.69) is 0 Å². The lowest BCUT2D eigenvalue weighted by atomic mass is 10.1. The van der Waals surface area contributed by atoms with Crippen molar-refractivity contribution in [3.63, 3.8) is 0 Å². The standard InChI is InChI=1S/C14H20ClN3O5S.ClH/c15-12-3-1-4-13(18(19)20)14(12)24(21,22)17-8-5-11(6-9-17)23-10-2-7-16;/h1,3-4,11H,2,5-10,16H2;1H. The van der Waals surface area contributed by atoms with Crippen molar-refractivity contribution in [2.24, 2.45) is 5.73 Å². The molecule has 1 fully saturated rings. The number of rotatable bonds is 7. The molecule has 0 aliphatic carbocycles. The van der Waals surface area contributed by atoms with Gasteiger partial charge in [-0.3, -0.25) is 10.1 Å². The molecule has 1 aliphatic heterocycles. The number of sulfonamides is 1. The molecule has 11 heteroatoms. The van der Waals surface area contributed by atoms with Gasteiger partial charge in [-0.25, -0.2) is 8.42 Å². The Morgan fingerprint density at radius 2 is 2.00 bits per heavy atom. The highest BCUT2D eigenvalue weighted by molar-refractivity contribution is 7.89. The second-order valence-electron chi connectivity index (χ2n) is 5.46. The van der Waals surface area contributed by atoms with Crippen molar-refractivity contribution in [1.82, 2.24) is 4.31 Å². The molecule has 25 heavy (non-hydrogen) atoms. The SMILES string of the molecule is Cl.NCCCOC1CCN(S(=O)(=O)c2c(Cl)cccc2[N+](=O)[O-])CC1. The zero-order valence-corrected chi connectivity index (χ0v) is 15.9. The molecule has 1 aromatic carbocycles. The molecular weight excluding hydrogens is 393 g/mol. The third-order valence-corrected chi connectivity index (χ3v) is 6.26. The summed E-state index contributed by atoms with van der Waals surface area (Å²) in [6.45, 7) is 1.56. The van der Waals surface area contributed by atoms with Gasteiger partial charge in [0.15, 0.2) is 4.90 Å². The van der Waals surface area contributed by atoms with Crippen LogP contribution in [0.5, 0.6) is 0 Å². The number of hydrogen-bond donors (Lipinski definition) is 1. The summed E-state index contributed by atoms with van der Waals surface area (Å²) < 4.78 is 32.4. The van der Waals surface area contributed by atoms with Crippen LogP contribution in [-0.4, -0.2) is 50.0 Å². The van der Waals surface area contributed by atoms with Crippen molar-refractivity contribution in [3.8, 4) is 0 Å². The maximum Gasteiger partial charge on any atom is 0.290 e. The summed E-state index contributed by atoms with van der Waals surface area (Å²) in [7, 11) is -4.03. The average molecular weight is 414 g/mol. The molecule has 2 N–H and O–H groups in total. The van der Waals surface area contributed by atoms with Gasteiger partial charge in [-0.1, -0.05) is 17.7 Å². The monoisotopic (exact) mass is 413 g/mol. The third kappa shape index (κ3) is 5.25. The number of nitrogens with zero attached hydrogens (tertiary/aromatic N) is 2. The van der Waals surface area contributed by atoms with Crippen molar-refractivity contribution >= 4 is 39.7 Å². The van der Waals surface area contributed by atoms with Gasteiger partial charge >= 0.3 is 0 Å². The fourth-order valence-electron chi connectivity index (χ4n) is 2.60. The van der Waals surface area contributed by atoms with E-state index in [9.17, 15) is 18.5 Å². The topological polar surface area (TPSA) is 116 Å². The lowest BCUT2D eigenvalue weighted by molar-refractivity contribution is -0.387. The highest BCUT2D eigenvalue weighted by Gasteiger charge is 2.36. The van der Waals surface area contributed by atoms with E-state index in [4.69, 9.17) is 22.1 Å². The highest BCUT2D eigenvalue weighted by atomic mass is 35.5. The van der Waals surface area contributed by atoms with Crippen LogP contribution in [0.15, 0.2) is 23.1 Å². The number of nitro benzene ring substituents is 1. The molecular formula is C14H21Cl2N3O5S. The number of benzene rings is 1. The fourth-order valence-corrected chi connectivity index (χ4v) is 4.73. The number of nitro groups is 1. The molecule has 0 radical (unpaired) electrons. The Kier molecular flexibility index (Phi) is 8.52. The van der Waals surface area contributed by atoms with E-state index in [1.54, 1.807) is 0 Å². The molecule has 1 heterocycles. The molecule has 0 bridgehead atoms. The molecule has 8 nitrogen and oxygen atoms in total. The van der Waals surface area contributed by atoms with E-state index >= 15 is 0 Å². The average Bonchev–Trinajstić information content (AvgIpc) is 2.55. The first kappa shape index (κ1) is 22.1. The molecule has 0 aromatic heterocycles. The molecule has 1 saturated heterocycles. The van der Waals surface area contributed by atoms with Gasteiger partial charge in [0.25, 0.3) is 15.7 Å². The minimum atomic E-state index is -4.03. The molecule has 0 atom stereocenters. The smallest absolute Gasteiger partial charge is 0.290 e. The fraction of sp³-hybridized carbons (Fsp3) is 0.571. The summed E-state index contributed by atoms with van der Waals surface area (Å²) >= 11 is 5.94. The van der Waals surface area contributed by atoms with E-state index in [1.807, 2.05) is 0 Å². The van der Waals surface area contributed by atoms with Crippen LogP contribution >= 0.6 is 24.0 Å². The minimum Gasteiger partial charge on any atom is -0.378 e. The molecule has 0 amide bonds. The minimum absolute atomic E-state index is 0. The molecule has 2 rings (SSSR count). The first-order valence-electron chi connectivity index (χ1n) is 7.62. The van der Waals surface area contributed by atoms with Crippen LogP contribution in [0.1, 0.15) is 19.3 Å². The molecule has 142 valence electrons. The number of hydrogen-bond acceptors (Lipinski definition) is 6. The van der Waals surface area contributed by atoms with Crippen molar-refractivity contribution in [2.75, 3.05) is 26.2 Å². The van der Waals surface area contributed by atoms with Gasteiger partial charge in [-0.15, -0.1) is 12.4 Å². The lowest BCUT2D eigenvalue weighted by Gasteiger charge is -2.31. The molecule has 0 unspecified atom stereocenters. The van der Waals surface area contributed by atoms with E-state index in [-0.39, 0.29) is 36.6 Å². The van der Waals surface area contributed by atoms with Gasteiger partial charge in [-0.05, 0) is 31.9 Å². The lowest BCUT2D eigenvalue weighted by Crippen LogP contribution is -2.41. The maximum absolute atomic E-state index is 12.8. The summed E-state index contributed by atoms with van der Waals surface area (Å²) in [6.07, 6.45) is 1.79.